The lowest BCUT2D eigenvalue weighted by molar-refractivity contribution is -0.383. The number of hydrogen-bond donors (Lipinski definition) is 1. The molecule has 0 saturated carbocycles. The number of esters is 1. The fraction of sp³-hybridized carbons (Fsp3) is 0.0870. The first-order valence-electron chi connectivity index (χ1n) is 9.37. The maximum absolute atomic E-state index is 12.8. The van der Waals surface area contributed by atoms with Crippen LogP contribution >= 0.6 is 11.6 Å². The van der Waals surface area contributed by atoms with Crippen molar-refractivity contribution in [2.45, 2.75) is 6.92 Å². The third-order valence-electron chi connectivity index (χ3n) is 4.47. The normalized spacial score (nSPS) is 10.3. The summed E-state index contributed by atoms with van der Waals surface area (Å²) < 4.78 is 5.03. The average Bonchev–Trinajstić information content (AvgIpc) is 2.78. The topological polar surface area (TPSA) is 116 Å². The van der Waals surface area contributed by atoms with E-state index in [1.165, 1.54) is 24.3 Å². The monoisotopic (exact) mass is 452 g/mol. The number of halogens is 1. The number of nitrogens with one attached hydrogen (secondary N) is 1. The molecule has 0 aliphatic heterocycles. The minimum atomic E-state index is -0.873. The number of rotatable bonds is 7. The van der Waals surface area contributed by atoms with Gasteiger partial charge in [0, 0.05) is 22.2 Å². The van der Waals surface area contributed by atoms with Crippen molar-refractivity contribution in [3.05, 3.63) is 104 Å². The van der Waals surface area contributed by atoms with Gasteiger partial charge in [0.2, 0.25) is 0 Å². The molecule has 0 unspecified atom stereocenters. The van der Waals surface area contributed by atoms with Crippen LogP contribution < -0.4 is 5.32 Å². The molecule has 1 amide bonds. The van der Waals surface area contributed by atoms with Crippen molar-refractivity contribution in [1.82, 2.24) is 0 Å². The van der Waals surface area contributed by atoms with E-state index in [1.807, 2.05) is 6.92 Å². The fourth-order valence-corrected chi connectivity index (χ4v) is 3.04. The van der Waals surface area contributed by atoms with Crippen LogP contribution in [0.1, 0.15) is 31.8 Å². The molecule has 1 N–H and O–H groups in total. The Labute approximate surface area is 187 Å². The van der Waals surface area contributed by atoms with Crippen LogP contribution in [0.4, 0.5) is 11.4 Å². The van der Waals surface area contributed by atoms with Gasteiger partial charge in [0.1, 0.15) is 5.69 Å². The van der Waals surface area contributed by atoms with Crippen molar-refractivity contribution in [2.24, 2.45) is 0 Å². The van der Waals surface area contributed by atoms with E-state index in [4.69, 9.17) is 16.3 Å². The van der Waals surface area contributed by atoms with Crippen LogP contribution in [0.2, 0.25) is 5.02 Å². The number of amides is 1. The molecule has 8 nitrogen and oxygen atoms in total. The minimum Gasteiger partial charge on any atom is -0.452 e. The quantitative estimate of drug-likeness (QED) is 0.243. The summed E-state index contributed by atoms with van der Waals surface area (Å²) in [5.41, 5.74) is 1.05. The predicted octanol–water partition coefficient (Wildman–Crippen LogP) is 4.58. The summed E-state index contributed by atoms with van der Waals surface area (Å²) in [4.78, 5) is 48.0. The molecule has 0 radical (unpaired) electrons. The number of ether oxygens (including phenoxy) is 1. The first-order chi connectivity index (χ1) is 15.3. The van der Waals surface area contributed by atoms with Gasteiger partial charge in [-0.15, -0.1) is 0 Å². The number of benzene rings is 3. The number of hydrogen-bond acceptors (Lipinski definition) is 6. The maximum atomic E-state index is 12.8. The highest BCUT2D eigenvalue weighted by Crippen LogP contribution is 2.27. The van der Waals surface area contributed by atoms with Gasteiger partial charge in [-0.1, -0.05) is 59.6 Å². The molecule has 0 atom stereocenters. The summed E-state index contributed by atoms with van der Waals surface area (Å²) in [5, 5.41) is 13.6. The summed E-state index contributed by atoms with van der Waals surface area (Å²) in [6.45, 7) is 1.19. The summed E-state index contributed by atoms with van der Waals surface area (Å²) in [5.74, 6) is -2.02. The second-order valence-electron chi connectivity index (χ2n) is 6.78. The van der Waals surface area contributed by atoms with E-state index in [0.717, 1.165) is 11.6 Å². The molecular formula is C23H17ClN2O6. The number of nitrogens with zero attached hydrogens (tertiary/aromatic N) is 1. The molecule has 0 fully saturated rings. The summed E-state index contributed by atoms with van der Waals surface area (Å²) in [7, 11) is 0. The van der Waals surface area contributed by atoms with Crippen LogP contribution in [0, 0.1) is 17.0 Å². The van der Waals surface area contributed by atoms with Crippen LogP contribution in [-0.4, -0.2) is 29.2 Å². The van der Waals surface area contributed by atoms with Crippen molar-refractivity contribution in [1.29, 1.82) is 0 Å². The van der Waals surface area contributed by atoms with Crippen molar-refractivity contribution < 1.29 is 24.0 Å². The van der Waals surface area contributed by atoms with Gasteiger partial charge in [-0.25, -0.2) is 4.79 Å². The van der Waals surface area contributed by atoms with Gasteiger partial charge in [0.05, 0.1) is 10.5 Å². The number of carbonyl (C=O) groups is 3. The van der Waals surface area contributed by atoms with Gasteiger partial charge < -0.3 is 10.1 Å². The molecule has 32 heavy (non-hydrogen) atoms. The second-order valence-corrected chi connectivity index (χ2v) is 7.22. The Kier molecular flexibility index (Phi) is 6.97. The Morgan fingerprint density at radius 3 is 2.31 bits per heavy atom. The number of nitro groups is 1. The Morgan fingerprint density at radius 2 is 1.66 bits per heavy atom. The van der Waals surface area contributed by atoms with E-state index < -0.39 is 29.1 Å². The number of aryl methyl sites for hydroxylation is 1. The van der Waals surface area contributed by atoms with Crippen molar-refractivity contribution in [3.8, 4) is 0 Å². The Balaban J connectivity index is 1.71. The lowest BCUT2D eigenvalue weighted by Gasteiger charge is -2.10. The molecule has 9 heteroatoms. The third kappa shape index (κ3) is 5.35. The lowest BCUT2D eigenvalue weighted by atomic mass is 9.98. The van der Waals surface area contributed by atoms with Crippen molar-refractivity contribution in [2.75, 3.05) is 11.9 Å². The van der Waals surface area contributed by atoms with Crippen LogP contribution in [0.3, 0.4) is 0 Å². The highest BCUT2D eigenvalue weighted by Gasteiger charge is 2.21. The molecule has 0 spiro atoms. The van der Waals surface area contributed by atoms with Gasteiger partial charge in [-0.3, -0.25) is 19.7 Å². The zero-order chi connectivity index (χ0) is 23.3. The van der Waals surface area contributed by atoms with E-state index in [1.54, 1.807) is 36.4 Å². The molecule has 0 heterocycles. The van der Waals surface area contributed by atoms with E-state index in [-0.39, 0.29) is 27.6 Å². The zero-order valence-corrected chi connectivity index (χ0v) is 17.6. The van der Waals surface area contributed by atoms with Crippen LogP contribution in [-0.2, 0) is 9.53 Å². The van der Waals surface area contributed by atoms with E-state index >= 15 is 0 Å². The predicted molar refractivity (Wildman–Crippen MR) is 118 cm³/mol. The summed E-state index contributed by atoms with van der Waals surface area (Å²) >= 11 is 5.75. The third-order valence-corrected chi connectivity index (χ3v) is 4.71. The molecule has 3 aromatic carbocycles. The second kappa shape index (κ2) is 9.84. The minimum absolute atomic E-state index is 0.00310. The molecule has 0 bridgehead atoms. The molecular weight excluding hydrogens is 436 g/mol. The van der Waals surface area contributed by atoms with Gasteiger partial charge >= 0.3 is 5.97 Å². The molecule has 162 valence electrons. The van der Waals surface area contributed by atoms with Gasteiger partial charge in [-0.05, 0) is 25.1 Å². The van der Waals surface area contributed by atoms with Crippen LogP contribution in [0.25, 0.3) is 0 Å². The van der Waals surface area contributed by atoms with Crippen LogP contribution in [0.15, 0.2) is 66.7 Å². The first-order valence-corrected chi connectivity index (χ1v) is 9.75. The number of carbonyl (C=O) groups excluding carboxylic acids is 3. The Hall–Kier alpha value is -4.04. The molecule has 0 aliphatic rings. The molecule has 0 saturated heterocycles. The molecule has 3 rings (SSSR count). The van der Waals surface area contributed by atoms with E-state index in [0.29, 0.717) is 5.56 Å². The largest absolute Gasteiger partial charge is 0.452 e. The Bertz CT molecular complexity index is 1210. The number of ketones is 1. The van der Waals surface area contributed by atoms with Crippen molar-refractivity contribution in [3.63, 3.8) is 0 Å². The maximum Gasteiger partial charge on any atom is 0.339 e. The standard InChI is InChI=1S/C23H17ClN2O6/c1-14-6-8-15(9-7-14)22(28)17-4-2-3-5-18(17)23(29)32-13-21(27)25-19-11-10-16(24)12-20(19)26(30)31/h2-12H,13H2,1H3,(H,25,27). The van der Waals surface area contributed by atoms with Gasteiger partial charge in [-0.2, -0.15) is 0 Å². The highest BCUT2D eigenvalue weighted by atomic mass is 35.5. The summed E-state index contributed by atoms with van der Waals surface area (Å²) in [6.07, 6.45) is 0. The van der Waals surface area contributed by atoms with E-state index in [2.05, 4.69) is 5.32 Å². The average molecular weight is 453 g/mol. The smallest absolute Gasteiger partial charge is 0.339 e. The van der Waals surface area contributed by atoms with Gasteiger partial charge in [0.25, 0.3) is 11.6 Å². The molecule has 0 aromatic heterocycles. The fourth-order valence-electron chi connectivity index (χ4n) is 2.88. The lowest BCUT2D eigenvalue weighted by Crippen LogP contribution is -2.22. The molecule has 0 aliphatic carbocycles. The van der Waals surface area contributed by atoms with E-state index in [9.17, 15) is 24.5 Å². The number of nitro benzene ring substituents is 1. The number of anilines is 1. The van der Waals surface area contributed by atoms with Gasteiger partial charge in [0.15, 0.2) is 12.4 Å². The molecule has 3 aromatic rings. The van der Waals surface area contributed by atoms with Crippen LogP contribution in [0.5, 0.6) is 0 Å². The highest BCUT2D eigenvalue weighted by molar-refractivity contribution is 6.31. The SMILES string of the molecule is Cc1ccc(C(=O)c2ccccc2C(=O)OCC(=O)Nc2ccc(Cl)cc2[N+](=O)[O-])cc1. The first kappa shape index (κ1) is 22.6. The van der Waals surface area contributed by atoms with Crippen molar-refractivity contribution >= 4 is 40.6 Å². The Morgan fingerprint density at radius 1 is 1.00 bits per heavy atom. The summed E-state index contributed by atoms with van der Waals surface area (Å²) in [6, 6.07) is 16.7. The zero-order valence-electron chi connectivity index (χ0n) is 16.8.